The highest BCUT2D eigenvalue weighted by molar-refractivity contribution is 7.99. The van der Waals surface area contributed by atoms with Crippen LogP contribution in [0.2, 0.25) is 0 Å². The number of benzene rings is 1. The van der Waals surface area contributed by atoms with Crippen LogP contribution in [0.25, 0.3) is 0 Å². The van der Waals surface area contributed by atoms with E-state index in [9.17, 15) is 22.4 Å². The first-order chi connectivity index (χ1) is 9.35. The number of hydrogen-bond acceptors (Lipinski definition) is 3. The molecule has 1 saturated heterocycles. The Morgan fingerprint density at radius 3 is 2.71 bits per heavy atom. The molecule has 1 heterocycles. The predicted molar refractivity (Wildman–Crippen MR) is 75.5 cm³/mol. The van der Waals surface area contributed by atoms with E-state index in [0.29, 0.717) is 22.3 Å². The Bertz CT molecular complexity index is 504. The number of rotatable bonds is 4. The minimum absolute atomic E-state index is 0. The number of amides is 1. The molecule has 1 amide bonds. The van der Waals surface area contributed by atoms with Gasteiger partial charge in [0.25, 0.3) is 11.7 Å². The minimum atomic E-state index is -2.89. The summed E-state index contributed by atoms with van der Waals surface area (Å²) in [4.78, 5) is 12.1. The molecule has 0 aromatic heterocycles. The number of carbonyl (C=O) groups excluding carboxylic acids is 1. The van der Waals surface area contributed by atoms with E-state index in [0.717, 1.165) is 0 Å². The van der Waals surface area contributed by atoms with Crippen LogP contribution in [0, 0.1) is 0 Å². The monoisotopic (exact) mass is 344 g/mol. The molecule has 2 rings (SSSR count). The van der Waals surface area contributed by atoms with Crippen molar-refractivity contribution in [2.75, 3.05) is 11.9 Å². The van der Waals surface area contributed by atoms with Crippen LogP contribution in [0.15, 0.2) is 29.2 Å². The molecular formula is C12H13ClF4N2OS. The van der Waals surface area contributed by atoms with Crippen molar-refractivity contribution in [3.63, 3.8) is 0 Å². The molecule has 3 nitrogen and oxygen atoms in total. The molecule has 21 heavy (non-hydrogen) atoms. The number of alkyl halides is 4. The lowest BCUT2D eigenvalue weighted by atomic mass is 10.2. The van der Waals surface area contributed by atoms with Crippen LogP contribution in [0.1, 0.15) is 6.42 Å². The molecule has 118 valence electrons. The van der Waals surface area contributed by atoms with Gasteiger partial charge in [0.15, 0.2) is 0 Å². The third kappa shape index (κ3) is 5.37. The summed E-state index contributed by atoms with van der Waals surface area (Å²) >= 11 is 0.351. The Hall–Kier alpha value is -0.990. The van der Waals surface area contributed by atoms with Gasteiger partial charge in [0, 0.05) is 17.0 Å². The van der Waals surface area contributed by atoms with Crippen molar-refractivity contribution in [3.8, 4) is 0 Å². The van der Waals surface area contributed by atoms with Gasteiger partial charge < -0.3 is 5.32 Å². The molecular weight excluding hydrogens is 332 g/mol. The first-order valence-corrected chi connectivity index (χ1v) is 6.71. The molecule has 9 heteroatoms. The Morgan fingerprint density at radius 1 is 1.43 bits per heavy atom. The number of anilines is 1. The Morgan fingerprint density at radius 2 is 2.14 bits per heavy atom. The van der Waals surface area contributed by atoms with E-state index in [1.165, 1.54) is 24.3 Å². The summed E-state index contributed by atoms with van der Waals surface area (Å²) in [5.41, 5.74) is 0.303. The second-order valence-electron chi connectivity index (χ2n) is 4.39. The molecule has 1 aromatic rings. The fraction of sp³-hybridized carbons (Fsp3) is 0.417. The van der Waals surface area contributed by atoms with Crippen LogP contribution in [0.4, 0.5) is 23.2 Å². The van der Waals surface area contributed by atoms with Gasteiger partial charge in [0.2, 0.25) is 5.91 Å². The summed E-state index contributed by atoms with van der Waals surface area (Å²) in [6.07, 6.45) is -0.565. The maximum absolute atomic E-state index is 13.0. The Balaban J connectivity index is 0.00000220. The molecule has 0 radical (unpaired) electrons. The molecule has 1 aliphatic heterocycles. The normalized spacial score (nSPS) is 20.1. The summed E-state index contributed by atoms with van der Waals surface area (Å²) in [6.45, 7) is -0.535. The summed E-state index contributed by atoms with van der Waals surface area (Å²) in [5.74, 6) is -6.05. The molecule has 1 fully saturated rings. The van der Waals surface area contributed by atoms with Gasteiger partial charge >= 0.3 is 0 Å². The number of nitrogens with one attached hydrogen (secondary N) is 2. The van der Waals surface area contributed by atoms with Gasteiger partial charge in [-0.1, -0.05) is 17.8 Å². The van der Waals surface area contributed by atoms with Crippen molar-refractivity contribution in [2.45, 2.75) is 29.0 Å². The van der Waals surface area contributed by atoms with Gasteiger partial charge in [-0.25, -0.2) is 8.78 Å². The summed E-state index contributed by atoms with van der Waals surface area (Å²) in [7, 11) is 0. The van der Waals surface area contributed by atoms with Crippen molar-refractivity contribution in [2.24, 2.45) is 0 Å². The van der Waals surface area contributed by atoms with Crippen molar-refractivity contribution in [1.29, 1.82) is 0 Å². The van der Waals surface area contributed by atoms with E-state index >= 15 is 0 Å². The fourth-order valence-electron chi connectivity index (χ4n) is 1.88. The smallest absolute Gasteiger partial charge is 0.288 e. The molecule has 1 unspecified atom stereocenters. The number of thioether (sulfide) groups is 1. The van der Waals surface area contributed by atoms with E-state index in [2.05, 4.69) is 10.6 Å². The average Bonchev–Trinajstić information content (AvgIpc) is 2.69. The van der Waals surface area contributed by atoms with Crippen LogP contribution in [0.3, 0.4) is 0 Å². The zero-order valence-electron chi connectivity index (χ0n) is 10.6. The topological polar surface area (TPSA) is 41.1 Å². The maximum atomic E-state index is 13.0. The SMILES string of the molecule is Cl.O=C(Nc1cccc(SC(F)F)c1)C1CC(F)(F)CN1. The van der Waals surface area contributed by atoms with Crippen LogP contribution in [-0.4, -0.2) is 30.2 Å². The van der Waals surface area contributed by atoms with E-state index in [1.54, 1.807) is 0 Å². The van der Waals surface area contributed by atoms with Gasteiger partial charge in [0.05, 0.1) is 12.6 Å². The number of carbonyl (C=O) groups is 1. The molecule has 1 aromatic carbocycles. The average molecular weight is 345 g/mol. The Kier molecular flexibility index (Phi) is 6.30. The molecule has 0 aliphatic carbocycles. The van der Waals surface area contributed by atoms with Crippen LogP contribution in [0.5, 0.6) is 0 Å². The highest BCUT2D eigenvalue weighted by Gasteiger charge is 2.42. The van der Waals surface area contributed by atoms with Crippen LogP contribution < -0.4 is 10.6 Å². The van der Waals surface area contributed by atoms with Gasteiger partial charge in [-0.3, -0.25) is 10.1 Å². The zero-order chi connectivity index (χ0) is 14.8. The second kappa shape index (κ2) is 7.33. The lowest BCUT2D eigenvalue weighted by molar-refractivity contribution is -0.118. The Labute approximate surface area is 129 Å². The van der Waals surface area contributed by atoms with E-state index in [4.69, 9.17) is 0 Å². The number of hydrogen-bond donors (Lipinski definition) is 2. The standard InChI is InChI=1S/C12H12F4N2OS.ClH/c13-11(14)20-8-3-1-2-7(4-8)18-10(19)9-5-12(15,16)6-17-9;/h1-4,9,11,17H,5-6H2,(H,18,19);1H. The molecule has 0 bridgehead atoms. The number of halogens is 5. The summed E-state index contributed by atoms with van der Waals surface area (Å²) < 4.78 is 50.4. The lowest BCUT2D eigenvalue weighted by Gasteiger charge is -2.12. The highest BCUT2D eigenvalue weighted by atomic mass is 35.5. The van der Waals surface area contributed by atoms with Crippen molar-refractivity contribution in [1.82, 2.24) is 5.32 Å². The highest BCUT2D eigenvalue weighted by Crippen LogP contribution is 2.28. The molecule has 2 N–H and O–H groups in total. The quantitative estimate of drug-likeness (QED) is 0.650. The third-order valence-electron chi connectivity index (χ3n) is 2.75. The van der Waals surface area contributed by atoms with E-state index in [-0.39, 0.29) is 12.4 Å². The van der Waals surface area contributed by atoms with E-state index < -0.39 is 36.6 Å². The van der Waals surface area contributed by atoms with Crippen LogP contribution in [-0.2, 0) is 4.79 Å². The lowest BCUT2D eigenvalue weighted by Crippen LogP contribution is -2.35. The predicted octanol–water partition coefficient (Wildman–Crippen LogP) is 3.36. The van der Waals surface area contributed by atoms with E-state index in [1.807, 2.05) is 0 Å². The minimum Gasteiger partial charge on any atom is -0.325 e. The summed E-state index contributed by atoms with van der Waals surface area (Å²) in [5, 5.41) is 4.87. The largest absolute Gasteiger partial charge is 0.325 e. The van der Waals surface area contributed by atoms with Gasteiger partial charge in [-0.05, 0) is 18.2 Å². The third-order valence-corrected chi connectivity index (χ3v) is 3.46. The van der Waals surface area contributed by atoms with Crippen molar-refractivity contribution in [3.05, 3.63) is 24.3 Å². The molecule has 1 atom stereocenters. The molecule has 0 saturated carbocycles. The van der Waals surface area contributed by atoms with Gasteiger partial charge in [-0.15, -0.1) is 12.4 Å². The first kappa shape index (κ1) is 18.1. The van der Waals surface area contributed by atoms with Crippen molar-refractivity contribution < 1.29 is 22.4 Å². The zero-order valence-corrected chi connectivity index (χ0v) is 12.2. The first-order valence-electron chi connectivity index (χ1n) is 5.83. The fourth-order valence-corrected chi connectivity index (χ4v) is 2.44. The van der Waals surface area contributed by atoms with Gasteiger partial charge in [0.1, 0.15) is 0 Å². The second-order valence-corrected chi connectivity index (χ2v) is 5.45. The molecule has 0 spiro atoms. The van der Waals surface area contributed by atoms with Crippen molar-refractivity contribution >= 4 is 35.8 Å². The van der Waals surface area contributed by atoms with Gasteiger partial charge in [-0.2, -0.15) is 8.78 Å². The summed E-state index contributed by atoms with van der Waals surface area (Å²) in [6, 6.07) is 4.91. The van der Waals surface area contributed by atoms with Crippen LogP contribution >= 0.6 is 24.2 Å². The maximum Gasteiger partial charge on any atom is 0.288 e. The molecule has 1 aliphatic rings.